The highest BCUT2D eigenvalue weighted by atomic mass is 32.2. The summed E-state index contributed by atoms with van der Waals surface area (Å²) in [7, 11) is 1.38. The number of carbonyl (C=O) groups excluding carboxylic acids is 2. The number of benzene rings is 1. The van der Waals surface area contributed by atoms with Crippen LogP contribution in [0.4, 0.5) is 5.00 Å². The molecule has 0 aliphatic heterocycles. The van der Waals surface area contributed by atoms with Gasteiger partial charge in [-0.25, -0.2) is 4.79 Å². The molecule has 0 spiro atoms. The maximum atomic E-state index is 12.9. The normalized spacial score (nSPS) is 13.1. The number of hydrogen-bond donors (Lipinski definition) is 1. The molecule has 0 fully saturated rings. The minimum Gasteiger partial charge on any atom is -0.485 e. The molecular formula is C26H32N4O4S2. The minimum absolute atomic E-state index is 0.152. The van der Waals surface area contributed by atoms with Crippen LogP contribution in [0.15, 0.2) is 23.4 Å². The zero-order chi connectivity index (χ0) is 25.7. The molecule has 1 amide bonds. The van der Waals surface area contributed by atoms with Gasteiger partial charge in [0.25, 0.3) is 0 Å². The van der Waals surface area contributed by atoms with Gasteiger partial charge >= 0.3 is 5.97 Å². The molecule has 2 aromatic heterocycles. The average Bonchev–Trinajstić information content (AvgIpc) is 3.34. The zero-order valence-corrected chi connectivity index (χ0v) is 22.8. The van der Waals surface area contributed by atoms with Gasteiger partial charge in [0.2, 0.25) is 5.91 Å². The Morgan fingerprint density at radius 1 is 1.17 bits per heavy atom. The highest BCUT2D eigenvalue weighted by molar-refractivity contribution is 7.99. The number of thioether (sulfide) groups is 1. The number of nitrogens with zero attached hydrogens (tertiary/aromatic N) is 3. The van der Waals surface area contributed by atoms with Crippen molar-refractivity contribution < 1.29 is 19.1 Å². The van der Waals surface area contributed by atoms with Gasteiger partial charge in [0.15, 0.2) is 11.0 Å². The Morgan fingerprint density at radius 3 is 2.75 bits per heavy atom. The van der Waals surface area contributed by atoms with E-state index >= 15 is 0 Å². The van der Waals surface area contributed by atoms with Gasteiger partial charge < -0.3 is 19.4 Å². The largest absolute Gasteiger partial charge is 0.485 e. The molecule has 0 saturated heterocycles. The molecule has 8 nitrogen and oxygen atoms in total. The first kappa shape index (κ1) is 26.2. The van der Waals surface area contributed by atoms with E-state index < -0.39 is 5.97 Å². The number of fused-ring (bicyclic) bond motifs is 1. The van der Waals surface area contributed by atoms with Gasteiger partial charge in [-0.05, 0) is 69.2 Å². The van der Waals surface area contributed by atoms with Crippen molar-refractivity contribution in [1.82, 2.24) is 14.8 Å². The van der Waals surface area contributed by atoms with Crippen LogP contribution in [0, 0.1) is 13.8 Å². The van der Waals surface area contributed by atoms with Crippen molar-refractivity contribution in [1.29, 1.82) is 0 Å². The third-order valence-corrected chi connectivity index (χ3v) is 8.38. The lowest BCUT2D eigenvalue weighted by atomic mass is 10.1. The third-order valence-electron chi connectivity index (χ3n) is 6.21. The Morgan fingerprint density at radius 2 is 1.97 bits per heavy atom. The Labute approximate surface area is 219 Å². The molecule has 1 aliphatic carbocycles. The summed E-state index contributed by atoms with van der Waals surface area (Å²) in [6.45, 7) is 7.00. The van der Waals surface area contributed by atoms with Gasteiger partial charge in [-0.2, -0.15) is 0 Å². The number of rotatable bonds is 9. The maximum Gasteiger partial charge on any atom is 0.341 e. The van der Waals surface area contributed by atoms with E-state index in [-0.39, 0.29) is 11.7 Å². The lowest BCUT2D eigenvalue weighted by Crippen LogP contribution is -2.17. The molecule has 0 bridgehead atoms. The molecule has 4 rings (SSSR count). The monoisotopic (exact) mass is 528 g/mol. The Kier molecular flexibility index (Phi) is 8.68. The zero-order valence-electron chi connectivity index (χ0n) is 21.2. The summed E-state index contributed by atoms with van der Waals surface area (Å²) in [5.74, 6) is 1.09. The predicted octanol–water partition coefficient (Wildman–Crippen LogP) is 5.34. The number of anilines is 1. The lowest BCUT2D eigenvalue weighted by Gasteiger charge is -2.11. The van der Waals surface area contributed by atoms with E-state index in [4.69, 9.17) is 9.47 Å². The van der Waals surface area contributed by atoms with Gasteiger partial charge in [0.1, 0.15) is 17.4 Å². The fourth-order valence-corrected chi connectivity index (χ4v) is 6.41. The molecule has 1 N–H and O–H groups in total. The molecule has 1 aliphatic rings. The van der Waals surface area contributed by atoms with E-state index in [1.165, 1.54) is 35.1 Å². The molecule has 0 atom stereocenters. The molecule has 2 heterocycles. The van der Waals surface area contributed by atoms with Crippen LogP contribution < -0.4 is 10.1 Å². The van der Waals surface area contributed by atoms with Crippen LogP contribution in [0.5, 0.6) is 5.75 Å². The second-order valence-corrected chi connectivity index (χ2v) is 10.8. The number of carbonyl (C=O) groups is 2. The number of ether oxygens (including phenoxy) is 2. The molecule has 3 aromatic rings. The quantitative estimate of drug-likeness (QED) is 0.227. The van der Waals surface area contributed by atoms with Crippen molar-refractivity contribution in [2.75, 3.05) is 18.2 Å². The van der Waals surface area contributed by atoms with Crippen LogP contribution in [-0.2, 0) is 35.5 Å². The van der Waals surface area contributed by atoms with E-state index in [1.54, 1.807) is 0 Å². The van der Waals surface area contributed by atoms with Gasteiger partial charge in [-0.1, -0.05) is 30.3 Å². The second kappa shape index (κ2) is 11.9. The number of aryl methyl sites for hydroxylation is 3. The Balaban J connectivity index is 1.41. The number of aromatic nitrogens is 3. The van der Waals surface area contributed by atoms with E-state index in [2.05, 4.69) is 21.6 Å². The van der Waals surface area contributed by atoms with Gasteiger partial charge in [0, 0.05) is 11.4 Å². The van der Waals surface area contributed by atoms with Crippen molar-refractivity contribution in [3.63, 3.8) is 0 Å². The Hall–Kier alpha value is -2.85. The van der Waals surface area contributed by atoms with E-state index in [0.717, 1.165) is 54.5 Å². The van der Waals surface area contributed by atoms with Crippen LogP contribution in [-0.4, -0.2) is 39.5 Å². The Bertz CT molecular complexity index is 1250. The summed E-state index contributed by atoms with van der Waals surface area (Å²) in [4.78, 5) is 26.6. The first-order chi connectivity index (χ1) is 17.4. The number of thiophene rings is 1. The van der Waals surface area contributed by atoms with Crippen LogP contribution in [0.25, 0.3) is 0 Å². The number of methoxy groups -OCH3 is 1. The summed E-state index contributed by atoms with van der Waals surface area (Å²) in [6, 6.07) is 6.10. The molecule has 0 saturated carbocycles. The van der Waals surface area contributed by atoms with E-state index in [9.17, 15) is 9.59 Å². The summed E-state index contributed by atoms with van der Waals surface area (Å²) in [5, 5.41) is 12.8. The SMILES string of the molecule is CCn1c(COc2cc(C)ccc2C)nnc1SCC(=O)Nc1sc2c(c1C(=O)OC)CCCCC2. The fraction of sp³-hybridized carbons (Fsp3) is 0.462. The van der Waals surface area contributed by atoms with E-state index in [1.807, 2.05) is 37.5 Å². The fourth-order valence-electron chi connectivity index (χ4n) is 4.30. The number of esters is 1. The summed E-state index contributed by atoms with van der Waals surface area (Å²) in [5.41, 5.74) is 3.74. The predicted molar refractivity (Wildman–Crippen MR) is 142 cm³/mol. The summed E-state index contributed by atoms with van der Waals surface area (Å²) in [6.07, 6.45) is 5.06. The van der Waals surface area contributed by atoms with Crippen molar-refractivity contribution in [2.45, 2.75) is 71.2 Å². The van der Waals surface area contributed by atoms with Crippen LogP contribution in [0.3, 0.4) is 0 Å². The highest BCUT2D eigenvalue weighted by Gasteiger charge is 2.26. The van der Waals surface area contributed by atoms with Gasteiger partial charge in [0.05, 0.1) is 18.4 Å². The molecule has 36 heavy (non-hydrogen) atoms. The first-order valence-corrected chi connectivity index (χ1v) is 14.0. The van der Waals surface area contributed by atoms with Crippen molar-refractivity contribution in [3.8, 4) is 5.75 Å². The standard InChI is InChI=1S/C26H32N4O4S2/c1-5-30-21(14-34-19-13-16(2)11-12-17(19)3)28-29-26(30)35-15-22(31)27-24-23(25(32)33-4)18-9-7-6-8-10-20(18)36-24/h11-13H,5-10,14-15H2,1-4H3,(H,27,31). The number of nitrogens with one attached hydrogen (secondary N) is 1. The van der Waals surface area contributed by atoms with Gasteiger partial charge in [-0.15, -0.1) is 21.5 Å². The van der Waals surface area contributed by atoms with Crippen LogP contribution in [0.1, 0.15) is 63.9 Å². The summed E-state index contributed by atoms with van der Waals surface area (Å²) >= 11 is 2.81. The molecule has 10 heteroatoms. The molecule has 0 unspecified atom stereocenters. The van der Waals surface area contributed by atoms with Crippen molar-refractivity contribution in [2.24, 2.45) is 0 Å². The third kappa shape index (κ3) is 5.92. The highest BCUT2D eigenvalue weighted by Crippen LogP contribution is 2.38. The van der Waals surface area contributed by atoms with Crippen LogP contribution in [0.2, 0.25) is 0 Å². The van der Waals surface area contributed by atoms with Crippen molar-refractivity contribution >= 4 is 40.0 Å². The molecule has 1 aromatic carbocycles. The maximum absolute atomic E-state index is 12.9. The number of hydrogen-bond acceptors (Lipinski definition) is 8. The number of amides is 1. The minimum atomic E-state index is -0.392. The second-order valence-electron chi connectivity index (χ2n) is 8.80. The first-order valence-electron chi connectivity index (χ1n) is 12.2. The summed E-state index contributed by atoms with van der Waals surface area (Å²) < 4.78 is 13.0. The molecular weight excluding hydrogens is 496 g/mol. The van der Waals surface area contributed by atoms with Crippen molar-refractivity contribution in [3.05, 3.63) is 51.2 Å². The average molecular weight is 529 g/mol. The smallest absolute Gasteiger partial charge is 0.341 e. The van der Waals surface area contributed by atoms with Crippen LogP contribution >= 0.6 is 23.1 Å². The molecule has 192 valence electrons. The van der Waals surface area contributed by atoms with E-state index in [0.29, 0.717) is 34.7 Å². The topological polar surface area (TPSA) is 95.3 Å². The molecule has 0 radical (unpaired) electrons. The lowest BCUT2D eigenvalue weighted by molar-refractivity contribution is -0.113. The van der Waals surface area contributed by atoms with Gasteiger partial charge in [-0.3, -0.25) is 4.79 Å².